The topological polar surface area (TPSA) is 26.0 Å². The summed E-state index contributed by atoms with van der Waals surface area (Å²) < 4.78 is 5.50. The number of rotatable bonds is 3. The predicted octanol–water partition coefficient (Wildman–Crippen LogP) is 4.51. The van der Waals surface area contributed by atoms with Crippen molar-refractivity contribution in [1.29, 1.82) is 0 Å². The minimum Gasteiger partial charge on any atom is -0.448 e. The van der Waals surface area contributed by atoms with Crippen LogP contribution in [-0.2, 0) is 5.41 Å². The number of hydrogen-bond acceptors (Lipinski definition) is 2. The highest BCUT2D eigenvalue weighted by molar-refractivity contribution is 5.37. The van der Waals surface area contributed by atoms with Crippen molar-refractivity contribution < 1.29 is 4.42 Å². The zero-order chi connectivity index (χ0) is 13.2. The largest absolute Gasteiger partial charge is 0.448 e. The van der Waals surface area contributed by atoms with Crippen molar-refractivity contribution in [2.75, 3.05) is 0 Å². The summed E-state index contributed by atoms with van der Waals surface area (Å²) in [4.78, 5) is 4.32. The van der Waals surface area contributed by atoms with Gasteiger partial charge in [-0.1, -0.05) is 52.0 Å². The van der Waals surface area contributed by atoms with Crippen LogP contribution in [0.2, 0.25) is 0 Å². The summed E-state index contributed by atoms with van der Waals surface area (Å²) in [6.45, 7) is 8.91. The van der Waals surface area contributed by atoms with Gasteiger partial charge in [0, 0.05) is 0 Å². The maximum absolute atomic E-state index is 5.50. The molecule has 0 N–H and O–H groups in total. The van der Waals surface area contributed by atoms with E-state index in [-0.39, 0.29) is 11.3 Å². The van der Waals surface area contributed by atoms with E-state index in [2.05, 4.69) is 56.9 Å². The molecule has 2 rings (SSSR count). The van der Waals surface area contributed by atoms with Gasteiger partial charge < -0.3 is 4.42 Å². The average molecular weight is 243 g/mol. The molecule has 96 valence electrons. The summed E-state index contributed by atoms with van der Waals surface area (Å²) in [5, 5.41) is 0. The number of nitrogens with zero attached hydrogens (tertiary/aromatic N) is 1. The van der Waals surface area contributed by atoms with Gasteiger partial charge in [-0.3, -0.25) is 0 Å². The first kappa shape index (κ1) is 12.9. The van der Waals surface area contributed by atoms with E-state index in [0.29, 0.717) is 0 Å². The van der Waals surface area contributed by atoms with E-state index < -0.39 is 0 Å². The first-order valence-electron chi connectivity index (χ1n) is 6.53. The fourth-order valence-corrected chi connectivity index (χ4v) is 2.42. The lowest BCUT2D eigenvalue weighted by molar-refractivity contribution is 0.459. The van der Waals surface area contributed by atoms with E-state index in [9.17, 15) is 0 Å². The Balaban J connectivity index is 2.50. The van der Waals surface area contributed by atoms with Crippen molar-refractivity contribution in [2.45, 2.75) is 45.4 Å². The highest BCUT2D eigenvalue weighted by Crippen LogP contribution is 2.35. The summed E-state index contributed by atoms with van der Waals surface area (Å²) in [5.74, 6) is 1.06. The van der Waals surface area contributed by atoms with Crippen molar-refractivity contribution in [1.82, 2.24) is 4.98 Å². The van der Waals surface area contributed by atoms with E-state index in [1.54, 1.807) is 12.5 Å². The molecule has 1 atom stereocenters. The molecule has 0 aliphatic rings. The Hall–Kier alpha value is -1.57. The van der Waals surface area contributed by atoms with Crippen LogP contribution in [0.3, 0.4) is 0 Å². The zero-order valence-electron chi connectivity index (χ0n) is 11.6. The lowest BCUT2D eigenvalue weighted by atomic mass is 9.79. The van der Waals surface area contributed by atoms with Gasteiger partial charge in [-0.2, -0.15) is 0 Å². The van der Waals surface area contributed by atoms with Crippen molar-refractivity contribution in [3.63, 3.8) is 0 Å². The van der Waals surface area contributed by atoms with E-state index in [0.717, 1.165) is 12.3 Å². The van der Waals surface area contributed by atoms with E-state index in [1.807, 2.05) is 0 Å². The van der Waals surface area contributed by atoms with Gasteiger partial charge in [0.05, 0.1) is 12.1 Å². The molecule has 0 aliphatic heterocycles. The van der Waals surface area contributed by atoms with Crippen LogP contribution in [0.25, 0.3) is 0 Å². The van der Waals surface area contributed by atoms with E-state index in [1.165, 1.54) is 11.1 Å². The molecule has 1 heterocycles. The maximum atomic E-state index is 5.50. The fraction of sp³-hybridized carbons (Fsp3) is 0.438. The highest BCUT2D eigenvalue weighted by Gasteiger charge is 2.24. The summed E-state index contributed by atoms with van der Waals surface area (Å²) in [6.07, 6.45) is 4.36. The predicted molar refractivity (Wildman–Crippen MR) is 73.8 cm³/mol. The Morgan fingerprint density at radius 1 is 1.22 bits per heavy atom. The second-order valence-corrected chi connectivity index (χ2v) is 5.67. The van der Waals surface area contributed by atoms with Crippen LogP contribution in [0.5, 0.6) is 0 Å². The molecular weight excluding hydrogens is 222 g/mol. The summed E-state index contributed by atoms with van der Waals surface area (Å²) >= 11 is 0. The number of oxazole rings is 1. The molecule has 2 aromatic rings. The molecule has 1 aromatic heterocycles. The van der Waals surface area contributed by atoms with Gasteiger partial charge in [0.2, 0.25) is 5.89 Å². The Bertz CT molecular complexity index is 494. The van der Waals surface area contributed by atoms with E-state index in [4.69, 9.17) is 4.42 Å². The standard InChI is InChI=1S/C16H21NO/c1-5-12(15-17-10-11-18-15)13-8-6-7-9-14(13)16(2,3)4/h6-12H,5H2,1-4H3. The monoisotopic (exact) mass is 243 g/mol. The molecule has 18 heavy (non-hydrogen) atoms. The lowest BCUT2D eigenvalue weighted by Gasteiger charge is -2.25. The van der Waals surface area contributed by atoms with Gasteiger partial charge in [-0.05, 0) is 23.0 Å². The molecule has 0 radical (unpaired) electrons. The normalized spacial score (nSPS) is 13.6. The van der Waals surface area contributed by atoms with Crippen molar-refractivity contribution in [3.05, 3.63) is 53.7 Å². The molecular formula is C16H21NO. The molecule has 0 saturated carbocycles. The number of benzene rings is 1. The molecule has 0 saturated heterocycles. The van der Waals surface area contributed by atoms with Crippen molar-refractivity contribution >= 4 is 0 Å². The van der Waals surface area contributed by atoms with Crippen LogP contribution in [-0.4, -0.2) is 4.98 Å². The van der Waals surface area contributed by atoms with E-state index >= 15 is 0 Å². The summed E-state index contributed by atoms with van der Waals surface area (Å²) in [5.41, 5.74) is 2.83. The van der Waals surface area contributed by atoms with Crippen LogP contribution in [0.4, 0.5) is 0 Å². The third kappa shape index (κ3) is 2.47. The van der Waals surface area contributed by atoms with Gasteiger partial charge in [-0.15, -0.1) is 0 Å². The maximum Gasteiger partial charge on any atom is 0.201 e. The first-order valence-corrected chi connectivity index (χ1v) is 6.53. The molecule has 2 nitrogen and oxygen atoms in total. The molecule has 0 spiro atoms. The molecule has 2 heteroatoms. The Morgan fingerprint density at radius 2 is 1.94 bits per heavy atom. The smallest absolute Gasteiger partial charge is 0.201 e. The third-order valence-corrected chi connectivity index (χ3v) is 3.30. The quantitative estimate of drug-likeness (QED) is 0.792. The minimum absolute atomic E-state index is 0.136. The second-order valence-electron chi connectivity index (χ2n) is 5.67. The van der Waals surface area contributed by atoms with Crippen LogP contribution in [0.1, 0.15) is 57.1 Å². The number of aromatic nitrogens is 1. The Labute approximate surface area is 109 Å². The van der Waals surface area contributed by atoms with Crippen LogP contribution < -0.4 is 0 Å². The molecule has 0 amide bonds. The van der Waals surface area contributed by atoms with Gasteiger partial charge in [0.1, 0.15) is 6.26 Å². The van der Waals surface area contributed by atoms with Crippen LogP contribution in [0.15, 0.2) is 41.1 Å². The second kappa shape index (κ2) is 4.97. The Kier molecular flexibility index (Phi) is 3.55. The minimum atomic E-state index is 0.136. The highest BCUT2D eigenvalue weighted by atomic mass is 16.3. The van der Waals surface area contributed by atoms with Gasteiger partial charge in [0.15, 0.2) is 0 Å². The molecule has 0 aliphatic carbocycles. The first-order chi connectivity index (χ1) is 8.54. The third-order valence-electron chi connectivity index (χ3n) is 3.30. The average Bonchev–Trinajstić information content (AvgIpc) is 2.83. The fourth-order valence-electron chi connectivity index (χ4n) is 2.42. The number of hydrogen-bond donors (Lipinski definition) is 0. The molecule has 0 fully saturated rings. The van der Waals surface area contributed by atoms with Gasteiger partial charge in [-0.25, -0.2) is 4.98 Å². The van der Waals surface area contributed by atoms with Gasteiger partial charge in [0.25, 0.3) is 0 Å². The zero-order valence-corrected chi connectivity index (χ0v) is 11.6. The molecule has 0 bridgehead atoms. The van der Waals surface area contributed by atoms with Crippen LogP contribution >= 0.6 is 0 Å². The van der Waals surface area contributed by atoms with Crippen molar-refractivity contribution in [3.8, 4) is 0 Å². The van der Waals surface area contributed by atoms with Gasteiger partial charge >= 0.3 is 0 Å². The van der Waals surface area contributed by atoms with Crippen LogP contribution in [0, 0.1) is 0 Å². The Morgan fingerprint density at radius 3 is 2.50 bits per heavy atom. The lowest BCUT2D eigenvalue weighted by Crippen LogP contribution is -2.16. The SMILES string of the molecule is CCC(c1ncco1)c1ccccc1C(C)(C)C. The summed E-state index contributed by atoms with van der Waals surface area (Å²) in [7, 11) is 0. The molecule has 1 unspecified atom stereocenters. The molecule has 1 aromatic carbocycles. The summed E-state index contributed by atoms with van der Waals surface area (Å²) in [6, 6.07) is 8.60. The van der Waals surface area contributed by atoms with Crippen molar-refractivity contribution in [2.24, 2.45) is 0 Å².